The van der Waals surface area contributed by atoms with Crippen LogP contribution in [0.3, 0.4) is 0 Å². The maximum atomic E-state index is 12.5. The molecule has 2 N–H and O–H groups in total. The number of carboxylic acids is 1. The molecule has 7 nitrogen and oxygen atoms in total. The van der Waals surface area contributed by atoms with Gasteiger partial charge < -0.3 is 24.3 Å². The van der Waals surface area contributed by atoms with Gasteiger partial charge in [-0.3, -0.25) is 4.79 Å². The minimum atomic E-state index is -1.32. The number of carbonyl (C=O) groups is 1. The summed E-state index contributed by atoms with van der Waals surface area (Å²) in [5.41, 5.74) is -0.0590. The normalized spacial score (nSPS) is 10.7. The number of pyridine rings is 1. The largest absolute Gasteiger partial charge is 0.508 e. The van der Waals surface area contributed by atoms with Gasteiger partial charge in [0.1, 0.15) is 22.8 Å². The molecule has 0 radical (unpaired) electrons. The molecule has 0 aliphatic carbocycles. The van der Waals surface area contributed by atoms with Gasteiger partial charge in [0.2, 0.25) is 5.43 Å². The summed E-state index contributed by atoms with van der Waals surface area (Å²) in [5.74, 6) is -0.274. The van der Waals surface area contributed by atoms with Crippen LogP contribution in [0.15, 0.2) is 47.4 Å². The lowest BCUT2D eigenvalue weighted by atomic mass is 10.1. The predicted molar refractivity (Wildman–Crippen MR) is 101 cm³/mol. The minimum Gasteiger partial charge on any atom is -0.508 e. The first-order chi connectivity index (χ1) is 12.9. The number of carboxylic acid groups (broad SMARTS) is 1. The zero-order valence-corrected chi connectivity index (χ0v) is 14.9. The van der Waals surface area contributed by atoms with Crippen LogP contribution in [-0.2, 0) is 0 Å². The number of aromatic carboxylic acids is 1. The van der Waals surface area contributed by atoms with Crippen LogP contribution in [0.4, 0.5) is 0 Å². The summed E-state index contributed by atoms with van der Waals surface area (Å²) in [6, 6.07) is 9.33. The van der Waals surface area contributed by atoms with E-state index in [0.717, 1.165) is 0 Å². The zero-order chi connectivity index (χ0) is 19.6. The molecule has 3 rings (SSSR count). The molecule has 0 unspecified atom stereocenters. The SMILES string of the molecule is CCOc1cc(OCC)cc(-n2cc(C(=O)O)c(=O)c3ccc(O)cc32)c1. The van der Waals surface area contributed by atoms with Gasteiger partial charge >= 0.3 is 5.97 Å². The fourth-order valence-corrected chi connectivity index (χ4v) is 2.88. The third-order valence-corrected chi connectivity index (χ3v) is 3.98. The van der Waals surface area contributed by atoms with E-state index in [1.165, 1.54) is 29.0 Å². The standard InChI is InChI=1S/C20H19NO6/c1-3-26-14-7-12(8-15(10-14)27-4-2)21-11-17(20(24)25)19(23)16-6-5-13(22)9-18(16)21/h5-11,22H,3-4H2,1-2H3,(H,24,25). The molecule has 2 aromatic carbocycles. The number of aromatic nitrogens is 1. The molecular formula is C20H19NO6. The Balaban J connectivity index is 2.36. The lowest BCUT2D eigenvalue weighted by Gasteiger charge is -2.16. The summed E-state index contributed by atoms with van der Waals surface area (Å²) in [6.07, 6.45) is 1.24. The van der Waals surface area contributed by atoms with E-state index in [1.54, 1.807) is 18.2 Å². The Labute approximate surface area is 155 Å². The zero-order valence-electron chi connectivity index (χ0n) is 14.9. The molecule has 0 fully saturated rings. The van der Waals surface area contributed by atoms with Gasteiger partial charge in [-0.15, -0.1) is 0 Å². The molecule has 0 saturated heterocycles. The van der Waals surface area contributed by atoms with Crippen molar-refractivity contribution < 1.29 is 24.5 Å². The van der Waals surface area contributed by atoms with Crippen LogP contribution < -0.4 is 14.9 Å². The number of aromatic hydroxyl groups is 1. The van der Waals surface area contributed by atoms with E-state index in [9.17, 15) is 19.8 Å². The van der Waals surface area contributed by atoms with Crippen molar-refractivity contribution in [3.63, 3.8) is 0 Å². The second-order valence-corrected chi connectivity index (χ2v) is 5.78. The van der Waals surface area contributed by atoms with Gasteiger partial charge in [-0.2, -0.15) is 0 Å². The molecule has 140 valence electrons. The Morgan fingerprint density at radius 2 is 1.67 bits per heavy atom. The van der Waals surface area contributed by atoms with E-state index in [1.807, 2.05) is 13.8 Å². The first kappa shape index (κ1) is 18.3. The summed E-state index contributed by atoms with van der Waals surface area (Å²) >= 11 is 0. The number of phenolic OH excluding ortho intramolecular Hbond substituents is 1. The Morgan fingerprint density at radius 3 is 2.22 bits per heavy atom. The van der Waals surface area contributed by atoms with Crippen molar-refractivity contribution in [2.75, 3.05) is 13.2 Å². The number of nitrogens with zero attached hydrogens (tertiary/aromatic N) is 1. The van der Waals surface area contributed by atoms with Crippen LogP contribution in [0.25, 0.3) is 16.6 Å². The molecule has 0 spiro atoms. The summed E-state index contributed by atoms with van der Waals surface area (Å²) in [7, 11) is 0. The van der Waals surface area contributed by atoms with Gasteiger partial charge in [0.05, 0.1) is 24.4 Å². The average molecular weight is 369 g/mol. The highest BCUT2D eigenvalue weighted by molar-refractivity contribution is 5.93. The van der Waals surface area contributed by atoms with Crippen molar-refractivity contribution in [1.29, 1.82) is 0 Å². The van der Waals surface area contributed by atoms with Gasteiger partial charge in [-0.05, 0) is 26.0 Å². The fraction of sp³-hybridized carbons (Fsp3) is 0.200. The summed E-state index contributed by atoms with van der Waals surface area (Å²) in [5, 5.41) is 19.5. The third kappa shape index (κ3) is 3.57. The molecular weight excluding hydrogens is 350 g/mol. The first-order valence-electron chi connectivity index (χ1n) is 8.47. The van der Waals surface area contributed by atoms with Crippen molar-refractivity contribution in [3.05, 3.63) is 58.4 Å². The van der Waals surface area contributed by atoms with E-state index >= 15 is 0 Å². The van der Waals surface area contributed by atoms with Crippen LogP contribution in [0.1, 0.15) is 24.2 Å². The highest BCUT2D eigenvalue weighted by atomic mass is 16.5. The fourth-order valence-electron chi connectivity index (χ4n) is 2.88. The van der Waals surface area contributed by atoms with Crippen molar-refractivity contribution in [2.24, 2.45) is 0 Å². The van der Waals surface area contributed by atoms with Gasteiger partial charge in [0, 0.05) is 35.8 Å². The van der Waals surface area contributed by atoms with Gasteiger partial charge in [0.25, 0.3) is 0 Å². The van der Waals surface area contributed by atoms with Gasteiger partial charge in [0.15, 0.2) is 0 Å². The number of ether oxygens (including phenoxy) is 2. The Kier molecular flexibility index (Phi) is 5.03. The van der Waals surface area contributed by atoms with Crippen molar-refractivity contribution in [1.82, 2.24) is 4.57 Å². The average Bonchev–Trinajstić information content (AvgIpc) is 2.62. The second-order valence-electron chi connectivity index (χ2n) is 5.78. The Bertz CT molecular complexity index is 1050. The molecule has 0 amide bonds. The van der Waals surface area contributed by atoms with Crippen LogP contribution in [0.2, 0.25) is 0 Å². The highest BCUT2D eigenvalue weighted by Crippen LogP contribution is 2.28. The van der Waals surface area contributed by atoms with E-state index < -0.39 is 11.4 Å². The molecule has 0 bridgehead atoms. The van der Waals surface area contributed by atoms with Gasteiger partial charge in [-0.1, -0.05) is 0 Å². The third-order valence-electron chi connectivity index (χ3n) is 3.98. The number of benzene rings is 2. The Hall–Kier alpha value is -3.48. The van der Waals surface area contributed by atoms with E-state index in [4.69, 9.17) is 9.47 Å². The van der Waals surface area contributed by atoms with Crippen molar-refractivity contribution in [2.45, 2.75) is 13.8 Å². The number of phenols is 1. The topological polar surface area (TPSA) is 98.0 Å². The number of hydrogen-bond donors (Lipinski definition) is 2. The lowest BCUT2D eigenvalue weighted by molar-refractivity contribution is 0.0695. The molecule has 7 heteroatoms. The molecule has 0 saturated carbocycles. The number of rotatable bonds is 6. The van der Waals surface area contributed by atoms with Crippen molar-refractivity contribution >= 4 is 16.9 Å². The summed E-state index contributed by atoms with van der Waals surface area (Å²) in [6.45, 7) is 4.59. The van der Waals surface area contributed by atoms with Crippen molar-refractivity contribution in [3.8, 4) is 22.9 Å². The first-order valence-corrected chi connectivity index (χ1v) is 8.47. The molecule has 0 atom stereocenters. The highest BCUT2D eigenvalue weighted by Gasteiger charge is 2.16. The molecule has 1 aromatic heterocycles. The quantitative estimate of drug-likeness (QED) is 0.692. The minimum absolute atomic E-state index is 0.0373. The van der Waals surface area contributed by atoms with Crippen LogP contribution in [-0.4, -0.2) is 34.0 Å². The van der Waals surface area contributed by atoms with E-state index in [2.05, 4.69) is 0 Å². The van der Waals surface area contributed by atoms with Crippen LogP contribution in [0, 0.1) is 0 Å². The Morgan fingerprint density at radius 1 is 1.04 bits per heavy atom. The summed E-state index contributed by atoms with van der Waals surface area (Å²) in [4.78, 5) is 24.0. The second kappa shape index (κ2) is 7.41. The maximum Gasteiger partial charge on any atom is 0.341 e. The molecule has 3 aromatic rings. The van der Waals surface area contributed by atoms with Gasteiger partial charge in [-0.25, -0.2) is 4.79 Å². The number of fused-ring (bicyclic) bond motifs is 1. The van der Waals surface area contributed by atoms with E-state index in [-0.39, 0.29) is 16.7 Å². The predicted octanol–water partition coefficient (Wildman–Crippen LogP) is 3.19. The monoisotopic (exact) mass is 369 g/mol. The lowest BCUT2D eigenvalue weighted by Crippen LogP contribution is -2.18. The van der Waals surface area contributed by atoms with E-state index in [0.29, 0.717) is 35.9 Å². The molecule has 0 aliphatic rings. The van der Waals surface area contributed by atoms with Crippen LogP contribution in [0.5, 0.6) is 17.2 Å². The molecule has 0 aliphatic heterocycles. The maximum absolute atomic E-state index is 12.5. The molecule has 1 heterocycles. The number of hydrogen-bond acceptors (Lipinski definition) is 5. The molecule has 27 heavy (non-hydrogen) atoms. The smallest absolute Gasteiger partial charge is 0.341 e. The van der Waals surface area contributed by atoms with Crippen LogP contribution >= 0.6 is 0 Å². The summed E-state index contributed by atoms with van der Waals surface area (Å²) < 4.78 is 12.7.